The first-order chi connectivity index (χ1) is 9.99. The van der Waals surface area contributed by atoms with Crippen LogP contribution in [0, 0.1) is 17.0 Å². The third-order valence-corrected chi connectivity index (χ3v) is 2.86. The van der Waals surface area contributed by atoms with E-state index < -0.39 is 10.8 Å². The molecule has 0 atom stereocenters. The van der Waals surface area contributed by atoms with Crippen LogP contribution in [0.2, 0.25) is 0 Å². The molecule has 0 aliphatic carbocycles. The second kappa shape index (κ2) is 6.00. The van der Waals surface area contributed by atoms with Gasteiger partial charge in [-0.2, -0.15) is 5.10 Å². The van der Waals surface area contributed by atoms with Crippen molar-refractivity contribution in [1.29, 1.82) is 0 Å². The molecule has 0 spiro atoms. The molecule has 0 aliphatic rings. The van der Waals surface area contributed by atoms with Crippen molar-refractivity contribution in [2.45, 2.75) is 13.8 Å². The molecule has 1 aromatic heterocycles. The van der Waals surface area contributed by atoms with Gasteiger partial charge in [0.2, 0.25) is 0 Å². The number of furan rings is 1. The zero-order valence-corrected chi connectivity index (χ0v) is 11.5. The molecule has 0 saturated heterocycles. The van der Waals surface area contributed by atoms with Crippen LogP contribution in [0.3, 0.4) is 0 Å². The molecule has 0 fully saturated rings. The highest BCUT2D eigenvalue weighted by atomic mass is 16.6. The molecule has 0 unspecified atom stereocenters. The van der Waals surface area contributed by atoms with Gasteiger partial charge in [-0.3, -0.25) is 14.9 Å². The van der Waals surface area contributed by atoms with E-state index in [1.807, 2.05) is 0 Å². The van der Waals surface area contributed by atoms with E-state index in [1.54, 1.807) is 26.0 Å². The van der Waals surface area contributed by atoms with Crippen LogP contribution in [0.1, 0.15) is 28.6 Å². The third-order valence-electron chi connectivity index (χ3n) is 2.86. The van der Waals surface area contributed by atoms with Gasteiger partial charge < -0.3 is 4.42 Å². The third kappa shape index (κ3) is 3.33. The summed E-state index contributed by atoms with van der Waals surface area (Å²) in [5, 5.41) is 14.6. The number of nitro benzene ring substituents is 1. The molecule has 0 bridgehead atoms. The number of hydrogen-bond donors (Lipinski definition) is 1. The van der Waals surface area contributed by atoms with Crippen molar-refractivity contribution in [3.8, 4) is 0 Å². The summed E-state index contributed by atoms with van der Waals surface area (Å²) in [4.78, 5) is 22.2. The Morgan fingerprint density at radius 2 is 2.14 bits per heavy atom. The Labute approximate surface area is 120 Å². The second-order valence-electron chi connectivity index (χ2n) is 4.37. The summed E-state index contributed by atoms with van der Waals surface area (Å²) in [7, 11) is 0. The van der Waals surface area contributed by atoms with Gasteiger partial charge in [-0.15, -0.1) is 0 Å². The molecule has 1 amide bonds. The van der Waals surface area contributed by atoms with E-state index in [0.29, 0.717) is 22.6 Å². The summed E-state index contributed by atoms with van der Waals surface area (Å²) in [5.41, 5.74) is 3.59. The standard InChI is InChI=1S/C14H13N3O4/c1-9-8-11(5-6-12(9)17(19)20)14(18)16-15-10(2)13-4-3-7-21-13/h3-8H,1-2H3,(H,16,18)/b15-10+. The summed E-state index contributed by atoms with van der Waals surface area (Å²) in [6.07, 6.45) is 1.51. The van der Waals surface area contributed by atoms with E-state index >= 15 is 0 Å². The summed E-state index contributed by atoms with van der Waals surface area (Å²) >= 11 is 0. The molecule has 0 saturated carbocycles. The van der Waals surface area contributed by atoms with Crippen molar-refractivity contribution in [3.63, 3.8) is 0 Å². The molecular weight excluding hydrogens is 274 g/mol. The summed E-state index contributed by atoms with van der Waals surface area (Å²) in [6, 6.07) is 7.58. The van der Waals surface area contributed by atoms with E-state index in [4.69, 9.17) is 4.42 Å². The van der Waals surface area contributed by atoms with Crippen molar-refractivity contribution in [3.05, 3.63) is 63.6 Å². The Bertz CT molecular complexity index is 705. The largest absolute Gasteiger partial charge is 0.463 e. The quantitative estimate of drug-likeness (QED) is 0.531. The average molecular weight is 287 g/mol. The Hall–Kier alpha value is -2.96. The van der Waals surface area contributed by atoms with Crippen molar-refractivity contribution in [2.75, 3.05) is 0 Å². The number of benzene rings is 1. The lowest BCUT2D eigenvalue weighted by Gasteiger charge is -2.03. The minimum atomic E-state index is -0.490. The van der Waals surface area contributed by atoms with Gasteiger partial charge in [0.15, 0.2) is 0 Å². The Morgan fingerprint density at radius 3 is 2.71 bits per heavy atom. The fraction of sp³-hybridized carbons (Fsp3) is 0.143. The SMILES string of the molecule is C/C(=N\NC(=O)c1ccc([N+](=O)[O-])c(C)c1)c1ccco1. The smallest absolute Gasteiger partial charge is 0.272 e. The lowest BCUT2D eigenvalue weighted by atomic mass is 10.1. The fourth-order valence-corrected chi connectivity index (χ4v) is 1.74. The maximum atomic E-state index is 11.9. The molecule has 21 heavy (non-hydrogen) atoms. The van der Waals surface area contributed by atoms with Crippen LogP contribution < -0.4 is 5.43 Å². The number of carbonyl (C=O) groups is 1. The number of hydrazone groups is 1. The highest BCUT2D eigenvalue weighted by Crippen LogP contribution is 2.18. The summed E-state index contributed by atoms with van der Waals surface area (Å²) in [6.45, 7) is 3.27. The van der Waals surface area contributed by atoms with Crippen LogP contribution in [0.15, 0.2) is 46.1 Å². The average Bonchev–Trinajstić information content (AvgIpc) is 2.98. The highest BCUT2D eigenvalue weighted by molar-refractivity contribution is 5.99. The van der Waals surface area contributed by atoms with Crippen molar-refractivity contribution < 1.29 is 14.1 Å². The minimum absolute atomic E-state index is 0.0261. The molecule has 0 radical (unpaired) electrons. The fourth-order valence-electron chi connectivity index (χ4n) is 1.74. The van der Waals surface area contributed by atoms with E-state index in [2.05, 4.69) is 10.5 Å². The molecule has 7 heteroatoms. The number of nitro groups is 1. The topological polar surface area (TPSA) is 97.7 Å². The van der Waals surface area contributed by atoms with Crippen LogP contribution in [0.4, 0.5) is 5.69 Å². The van der Waals surface area contributed by atoms with Gasteiger partial charge in [-0.1, -0.05) is 0 Å². The lowest BCUT2D eigenvalue weighted by molar-refractivity contribution is -0.385. The number of aryl methyl sites for hydroxylation is 1. The maximum absolute atomic E-state index is 11.9. The summed E-state index contributed by atoms with van der Waals surface area (Å²) in [5.74, 6) is 0.106. The van der Waals surface area contributed by atoms with Crippen LogP contribution in [0.5, 0.6) is 0 Å². The first-order valence-corrected chi connectivity index (χ1v) is 6.12. The van der Waals surface area contributed by atoms with E-state index in [9.17, 15) is 14.9 Å². The number of nitrogens with one attached hydrogen (secondary N) is 1. The second-order valence-corrected chi connectivity index (χ2v) is 4.37. The van der Waals surface area contributed by atoms with Gasteiger partial charge in [0.05, 0.1) is 11.2 Å². The van der Waals surface area contributed by atoms with Gasteiger partial charge in [0.1, 0.15) is 11.5 Å². The Balaban J connectivity index is 2.12. The van der Waals surface area contributed by atoms with Crippen LogP contribution in [-0.4, -0.2) is 16.5 Å². The van der Waals surface area contributed by atoms with Crippen molar-refractivity contribution in [2.24, 2.45) is 5.10 Å². The molecule has 0 aliphatic heterocycles. The lowest BCUT2D eigenvalue weighted by Crippen LogP contribution is -2.19. The van der Waals surface area contributed by atoms with Gasteiger partial charge in [0, 0.05) is 17.2 Å². The summed E-state index contributed by atoms with van der Waals surface area (Å²) < 4.78 is 5.14. The van der Waals surface area contributed by atoms with Gasteiger partial charge in [-0.05, 0) is 38.1 Å². The molecule has 2 rings (SSSR count). The number of nitrogens with zero attached hydrogens (tertiary/aromatic N) is 2. The molecule has 2 aromatic rings. The van der Waals surface area contributed by atoms with Gasteiger partial charge in [0.25, 0.3) is 11.6 Å². The molecule has 1 aromatic carbocycles. The van der Waals surface area contributed by atoms with Crippen LogP contribution in [-0.2, 0) is 0 Å². The van der Waals surface area contributed by atoms with E-state index in [-0.39, 0.29) is 5.69 Å². The molecule has 1 heterocycles. The predicted molar refractivity (Wildman–Crippen MR) is 76.2 cm³/mol. The number of rotatable bonds is 4. The zero-order chi connectivity index (χ0) is 15.4. The van der Waals surface area contributed by atoms with Crippen molar-refractivity contribution >= 4 is 17.3 Å². The first kappa shape index (κ1) is 14.4. The molecule has 108 valence electrons. The number of amides is 1. The highest BCUT2D eigenvalue weighted by Gasteiger charge is 2.13. The Morgan fingerprint density at radius 1 is 1.38 bits per heavy atom. The number of carbonyl (C=O) groups excluding carboxylic acids is 1. The monoisotopic (exact) mass is 287 g/mol. The van der Waals surface area contributed by atoms with Gasteiger partial charge >= 0.3 is 0 Å². The first-order valence-electron chi connectivity index (χ1n) is 6.12. The van der Waals surface area contributed by atoms with Gasteiger partial charge in [-0.25, -0.2) is 5.43 Å². The predicted octanol–water partition coefficient (Wildman–Crippen LogP) is 2.65. The van der Waals surface area contributed by atoms with E-state index in [0.717, 1.165) is 0 Å². The van der Waals surface area contributed by atoms with Crippen LogP contribution >= 0.6 is 0 Å². The normalized spacial score (nSPS) is 11.2. The minimum Gasteiger partial charge on any atom is -0.463 e. The van der Waals surface area contributed by atoms with Crippen molar-refractivity contribution in [1.82, 2.24) is 5.43 Å². The number of hydrogen-bond acceptors (Lipinski definition) is 5. The molecular formula is C14H13N3O4. The maximum Gasteiger partial charge on any atom is 0.272 e. The van der Waals surface area contributed by atoms with Crippen LogP contribution in [0.25, 0.3) is 0 Å². The zero-order valence-electron chi connectivity index (χ0n) is 11.5. The molecule has 7 nitrogen and oxygen atoms in total. The van der Waals surface area contributed by atoms with E-state index in [1.165, 1.54) is 24.5 Å². The Kier molecular flexibility index (Phi) is 4.13. The molecule has 1 N–H and O–H groups in total.